The minimum absolute atomic E-state index is 0.580. The van der Waals surface area contributed by atoms with Crippen LogP contribution in [0.5, 0.6) is 0 Å². The monoisotopic (exact) mass is 267 g/mol. The Kier molecular flexibility index (Phi) is 5.06. The molecule has 0 saturated heterocycles. The minimum atomic E-state index is -2.19. The number of oxime groups is 1. The number of benzene rings is 1. The zero-order valence-electron chi connectivity index (χ0n) is 9.44. The summed E-state index contributed by atoms with van der Waals surface area (Å²) in [7, 11) is 0. The lowest BCUT2D eigenvalue weighted by atomic mass is 10.2. The molecule has 0 N–H and O–H groups in total. The third-order valence-electron chi connectivity index (χ3n) is 2.08. The molecule has 0 bridgehead atoms. The van der Waals surface area contributed by atoms with E-state index in [1.54, 1.807) is 0 Å². The number of hydrogen-bond acceptors (Lipinski definition) is 2. The second-order valence-corrected chi connectivity index (χ2v) is 3.40. The van der Waals surface area contributed by atoms with Crippen molar-refractivity contribution in [1.29, 1.82) is 0 Å². The summed E-state index contributed by atoms with van der Waals surface area (Å²) in [6, 6.07) is 0. The summed E-state index contributed by atoms with van der Waals surface area (Å²) in [6.07, 6.45) is 2.71. The van der Waals surface area contributed by atoms with Crippen LogP contribution in [-0.2, 0) is 11.4 Å². The highest BCUT2D eigenvalue weighted by Gasteiger charge is 2.25. The smallest absolute Gasteiger partial charge is 0.200 e. The van der Waals surface area contributed by atoms with Crippen LogP contribution >= 0.6 is 0 Å². The average Bonchev–Trinajstić information content (AvgIpc) is 2.37. The SMILES string of the molecule is CCCC=NOCc1c(F)c(F)c(F)c(F)c1F. The Bertz CT molecular complexity index is 432. The first-order valence-corrected chi connectivity index (χ1v) is 5.14. The molecule has 0 unspecified atom stereocenters. The summed E-state index contributed by atoms with van der Waals surface area (Å²) in [5, 5.41) is 3.32. The van der Waals surface area contributed by atoms with Crippen LogP contribution in [0.15, 0.2) is 5.16 Å². The number of unbranched alkanes of at least 4 members (excludes halogenated alkanes) is 1. The molecule has 0 aliphatic heterocycles. The van der Waals surface area contributed by atoms with E-state index in [9.17, 15) is 22.0 Å². The Hall–Kier alpha value is -1.66. The highest BCUT2D eigenvalue weighted by atomic mass is 19.2. The van der Waals surface area contributed by atoms with Gasteiger partial charge in [0.05, 0.1) is 5.56 Å². The Morgan fingerprint density at radius 3 is 1.94 bits per heavy atom. The average molecular weight is 267 g/mol. The lowest BCUT2D eigenvalue weighted by Gasteiger charge is -2.06. The van der Waals surface area contributed by atoms with Crippen molar-refractivity contribution < 1.29 is 26.8 Å². The fourth-order valence-electron chi connectivity index (χ4n) is 1.11. The number of halogens is 5. The molecule has 1 aromatic carbocycles. The van der Waals surface area contributed by atoms with Crippen molar-refractivity contribution in [2.45, 2.75) is 26.4 Å². The largest absolute Gasteiger partial charge is 0.391 e. The Balaban J connectivity index is 2.89. The van der Waals surface area contributed by atoms with Gasteiger partial charge in [-0.3, -0.25) is 0 Å². The minimum Gasteiger partial charge on any atom is -0.391 e. The van der Waals surface area contributed by atoms with Gasteiger partial charge in [0, 0.05) is 6.21 Å². The van der Waals surface area contributed by atoms with Gasteiger partial charge in [0.15, 0.2) is 23.3 Å². The molecule has 0 heterocycles. The third-order valence-corrected chi connectivity index (χ3v) is 2.08. The zero-order chi connectivity index (χ0) is 13.7. The van der Waals surface area contributed by atoms with Crippen LogP contribution in [0.2, 0.25) is 0 Å². The zero-order valence-corrected chi connectivity index (χ0v) is 9.44. The van der Waals surface area contributed by atoms with Crippen LogP contribution < -0.4 is 0 Å². The molecule has 18 heavy (non-hydrogen) atoms. The number of rotatable bonds is 5. The normalized spacial score (nSPS) is 11.2. The lowest BCUT2D eigenvalue weighted by Crippen LogP contribution is -2.07. The van der Waals surface area contributed by atoms with Crippen molar-refractivity contribution >= 4 is 6.21 Å². The van der Waals surface area contributed by atoms with Gasteiger partial charge in [-0.25, -0.2) is 22.0 Å². The fraction of sp³-hybridized carbons (Fsp3) is 0.364. The summed E-state index contributed by atoms with van der Waals surface area (Å²) in [5.41, 5.74) is -1.04. The van der Waals surface area contributed by atoms with Gasteiger partial charge in [0.2, 0.25) is 5.82 Å². The molecule has 1 aromatic rings. The van der Waals surface area contributed by atoms with Crippen LogP contribution in [0.1, 0.15) is 25.3 Å². The molecule has 0 radical (unpaired) electrons. The van der Waals surface area contributed by atoms with Crippen molar-refractivity contribution in [2.24, 2.45) is 5.16 Å². The predicted molar refractivity (Wildman–Crippen MR) is 54.4 cm³/mol. The van der Waals surface area contributed by atoms with E-state index in [1.807, 2.05) is 6.92 Å². The van der Waals surface area contributed by atoms with Crippen LogP contribution in [0.3, 0.4) is 0 Å². The fourth-order valence-corrected chi connectivity index (χ4v) is 1.11. The molecular formula is C11H10F5NO. The predicted octanol–water partition coefficient (Wildman–Crippen LogP) is 3.68. The first-order chi connectivity index (χ1) is 8.50. The van der Waals surface area contributed by atoms with Gasteiger partial charge >= 0.3 is 0 Å². The Morgan fingerprint density at radius 1 is 0.944 bits per heavy atom. The quantitative estimate of drug-likeness (QED) is 0.262. The van der Waals surface area contributed by atoms with Crippen LogP contribution in [0, 0.1) is 29.1 Å². The summed E-state index contributed by atoms with van der Waals surface area (Å²) >= 11 is 0. The van der Waals surface area contributed by atoms with Crippen molar-refractivity contribution in [3.05, 3.63) is 34.6 Å². The van der Waals surface area contributed by atoms with Gasteiger partial charge in [-0.15, -0.1) is 0 Å². The summed E-state index contributed by atoms with van der Waals surface area (Å²) in [6.45, 7) is 1.04. The highest BCUT2D eigenvalue weighted by molar-refractivity contribution is 5.55. The molecule has 0 amide bonds. The van der Waals surface area contributed by atoms with Crippen LogP contribution in [-0.4, -0.2) is 6.21 Å². The molecule has 7 heteroatoms. The summed E-state index contributed by atoms with van der Waals surface area (Å²) in [4.78, 5) is 4.47. The molecule has 0 aliphatic rings. The number of nitrogens with zero attached hydrogens (tertiary/aromatic N) is 1. The van der Waals surface area contributed by atoms with E-state index in [0.29, 0.717) is 6.42 Å². The first-order valence-electron chi connectivity index (χ1n) is 5.14. The van der Waals surface area contributed by atoms with Gasteiger partial charge in [-0.1, -0.05) is 18.5 Å². The van der Waals surface area contributed by atoms with E-state index in [0.717, 1.165) is 6.42 Å². The van der Waals surface area contributed by atoms with E-state index in [2.05, 4.69) is 9.99 Å². The summed E-state index contributed by atoms with van der Waals surface area (Å²) < 4.78 is 64.5. The highest BCUT2D eigenvalue weighted by Crippen LogP contribution is 2.23. The van der Waals surface area contributed by atoms with Crippen molar-refractivity contribution in [2.75, 3.05) is 0 Å². The topological polar surface area (TPSA) is 21.6 Å². The van der Waals surface area contributed by atoms with Crippen LogP contribution in [0.25, 0.3) is 0 Å². The van der Waals surface area contributed by atoms with Crippen LogP contribution in [0.4, 0.5) is 22.0 Å². The van der Waals surface area contributed by atoms with E-state index in [1.165, 1.54) is 6.21 Å². The molecule has 0 aromatic heterocycles. The molecule has 0 fully saturated rings. The molecule has 2 nitrogen and oxygen atoms in total. The maximum atomic E-state index is 13.1. The van der Waals surface area contributed by atoms with Gasteiger partial charge in [0.1, 0.15) is 6.61 Å². The van der Waals surface area contributed by atoms with E-state index < -0.39 is 41.3 Å². The first kappa shape index (κ1) is 14.4. The van der Waals surface area contributed by atoms with E-state index >= 15 is 0 Å². The Morgan fingerprint density at radius 2 is 1.44 bits per heavy atom. The number of hydrogen-bond donors (Lipinski definition) is 0. The molecule has 1 rings (SSSR count). The van der Waals surface area contributed by atoms with Gasteiger partial charge in [-0.2, -0.15) is 0 Å². The van der Waals surface area contributed by atoms with Gasteiger partial charge < -0.3 is 4.84 Å². The van der Waals surface area contributed by atoms with Gasteiger partial charge in [-0.05, 0) is 6.42 Å². The lowest BCUT2D eigenvalue weighted by molar-refractivity contribution is 0.124. The van der Waals surface area contributed by atoms with Crippen molar-refractivity contribution in [3.63, 3.8) is 0 Å². The molecule has 0 atom stereocenters. The Labute approximate surface area is 100 Å². The molecular weight excluding hydrogens is 257 g/mol. The third kappa shape index (κ3) is 2.96. The standard InChI is InChI=1S/C11H10F5NO/c1-2-3-4-17-18-5-6-7(12)9(14)11(16)10(15)8(6)13/h4H,2-3,5H2,1H3. The molecule has 0 aliphatic carbocycles. The van der Waals surface area contributed by atoms with Gasteiger partial charge in [0.25, 0.3) is 0 Å². The molecule has 0 saturated carbocycles. The van der Waals surface area contributed by atoms with E-state index in [-0.39, 0.29) is 0 Å². The van der Waals surface area contributed by atoms with Crippen molar-refractivity contribution in [3.8, 4) is 0 Å². The maximum Gasteiger partial charge on any atom is 0.200 e. The van der Waals surface area contributed by atoms with Crippen molar-refractivity contribution in [1.82, 2.24) is 0 Å². The second kappa shape index (κ2) is 6.32. The summed E-state index contributed by atoms with van der Waals surface area (Å²) in [5.74, 6) is -9.99. The van der Waals surface area contributed by atoms with E-state index in [4.69, 9.17) is 0 Å². The second-order valence-electron chi connectivity index (χ2n) is 3.40. The molecule has 100 valence electrons. The maximum absolute atomic E-state index is 13.1. The molecule has 0 spiro atoms.